The van der Waals surface area contributed by atoms with Crippen molar-refractivity contribution in [1.29, 1.82) is 0 Å². The first-order chi connectivity index (χ1) is 37.8. The SMILES string of the molecule is Cc1ncsc1-c1ccc([C@H](C)NC(=O)[C@@H]2C[C@@H](O)CN2C(=O)[C@@H](c2cc(OC3CN(CCN4CCN(CCOc5cc(N6C7CCC6CN(c6cc(-c8ccccc8O)nnc6N)C7)ccn5)CC4)C3)no2)C(C)C)cc1. The molecular formula is C57H71N13O7S. The van der Waals surface area contributed by atoms with E-state index in [1.54, 1.807) is 29.5 Å². The summed E-state index contributed by atoms with van der Waals surface area (Å²) in [5, 5.41) is 37.0. The molecule has 0 radical (unpaired) electrons. The number of benzene rings is 2. The van der Waals surface area contributed by atoms with E-state index in [0.717, 1.165) is 118 Å². The average molecular weight is 1080 g/mol. The van der Waals surface area contributed by atoms with Gasteiger partial charge in [0.2, 0.25) is 17.7 Å². The number of fused-ring (bicyclic) bond motifs is 2. The molecule has 0 aliphatic carbocycles. The lowest BCUT2D eigenvalue weighted by Gasteiger charge is -2.43. The predicted molar refractivity (Wildman–Crippen MR) is 298 cm³/mol. The number of aliphatic hydroxyl groups is 1. The summed E-state index contributed by atoms with van der Waals surface area (Å²) in [6.07, 6.45) is 3.29. The largest absolute Gasteiger partial charge is 0.507 e. The number of phenolic OH excluding ortho intramolecular Hbond substituents is 1. The Morgan fingerprint density at radius 2 is 1.59 bits per heavy atom. The van der Waals surface area contributed by atoms with Gasteiger partial charge in [0, 0.05) is 127 Å². The molecule has 4 aromatic heterocycles. The molecule has 2 unspecified atom stereocenters. The molecule has 2 amide bonds. The van der Waals surface area contributed by atoms with Gasteiger partial charge in [0.05, 0.1) is 39.6 Å². The van der Waals surface area contributed by atoms with Gasteiger partial charge in [-0.15, -0.1) is 21.5 Å². The highest BCUT2D eigenvalue weighted by Crippen LogP contribution is 2.40. The summed E-state index contributed by atoms with van der Waals surface area (Å²) in [6.45, 7) is 18.3. The van der Waals surface area contributed by atoms with E-state index >= 15 is 0 Å². The Morgan fingerprint density at radius 3 is 2.31 bits per heavy atom. The summed E-state index contributed by atoms with van der Waals surface area (Å²) in [6, 6.07) is 22.5. The van der Waals surface area contributed by atoms with Gasteiger partial charge in [-0.2, -0.15) is 0 Å². The number of hydrogen-bond acceptors (Lipinski definition) is 19. The fourth-order valence-corrected chi connectivity index (χ4v) is 12.8. The predicted octanol–water partition coefficient (Wildman–Crippen LogP) is 5.44. The minimum absolute atomic E-state index is 0.0395. The number of para-hydroxylation sites is 1. The molecule has 5 N–H and O–H groups in total. The van der Waals surface area contributed by atoms with Gasteiger partial charge in [-0.1, -0.05) is 50.2 Å². The normalized spacial score (nSPS) is 21.9. The van der Waals surface area contributed by atoms with E-state index in [1.165, 1.54) is 4.90 Å². The van der Waals surface area contributed by atoms with Gasteiger partial charge in [-0.25, -0.2) is 9.97 Å². The molecule has 9 heterocycles. The number of aromatic hydroxyl groups is 1. The Morgan fingerprint density at radius 1 is 0.859 bits per heavy atom. The number of amides is 2. The lowest BCUT2D eigenvalue weighted by atomic mass is 9.91. The summed E-state index contributed by atoms with van der Waals surface area (Å²) < 4.78 is 18.3. The Balaban J connectivity index is 0.589. The van der Waals surface area contributed by atoms with Gasteiger partial charge in [0.15, 0.2) is 11.6 Å². The first-order valence-corrected chi connectivity index (χ1v) is 28.3. The molecule has 0 spiro atoms. The van der Waals surface area contributed by atoms with Crippen LogP contribution in [-0.4, -0.2) is 182 Å². The second-order valence-corrected chi connectivity index (χ2v) is 22.8. The van der Waals surface area contributed by atoms with Crippen LogP contribution in [0, 0.1) is 12.8 Å². The van der Waals surface area contributed by atoms with Crippen LogP contribution in [0.15, 0.2) is 89.0 Å². The van der Waals surface area contributed by atoms with E-state index < -0.39 is 18.1 Å². The number of aryl methyl sites for hydroxylation is 1. The van der Waals surface area contributed by atoms with Crippen molar-refractivity contribution in [3.05, 3.63) is 102 Å². The lowest BCUT2D eigenvalue weighted by Crippen LogP contribution is -2.56. The molecule has 78 heavy (non-hydrogen) atoms. The number of ether oxygens (including phenoxy) is 2. The number of piperazine rings is 2. The van der Waals surface area contributed by atoms with Crippen molar-refractivity contribution in [3.63, 3.8) is 0 Å². The molecule has 6 atom stereocenters. The van der Waals surface area contributed by atoms with E-state index in [-0.39, 0.29) is 48.6 Å². The molecule has 20 nitrogen and oxygen atoms in total. The highest BCUT2D eigenvalue weighted by atomic mass is 32.1. The number of phenols is 1. The minimum atomic E-state index is -0.823. The van der Waals surface area contributed by atoms with E-state index in [1.807, 2.05) is 81.9 Å². The van der Waals surface area contributed by atoms with E-state index in [0.29, 0.717) is 53.3 Å². The first-order valence-electron chi connectivity index (χ1n) is 27.4. The van der Waals surface area contributed by atoms with Gasteiger partial charge in [-0.05, 0) is 73.2 Å². The minimum Gasteiger partial charge on any atom is -0.507 e. The van der Waals surface area contributed by atoms with Crippen LogP contribution in [0.3, 0.4) is 0 Å². The number of thiazole rings is 1. The number of likely N-dealkylation sites (tertiary alicyclic amines) is 2. The topological polar surface area (TPSA) is 228 Å². The van der Waals surface area contributed by atoms with Crippen LogP contribution >= 0.6 is 11.3 Å². The number of hydrogen-bond donors (Lipinski definition) is 4. The van der Waals surface area contributed by atoms with Crippen molar-refractivity contribution in [2.75, 3.05) is 101 Å². The van der Waals surface area contributed by atoms with E-state index in [2.05, 4.69) is 67.3 Å². The molecule has 6 aromatic rings. The fourth-order valence-electron chi connectivity index (χ4n) is 12.0. The smallest absolute Gasteiger partial charge is 0.254 e. The average Bonchev–Trinajstić information content (AvgIpc) is 4.35. The van der Waals surface area contributed by atoms with Crippen LogP contribution in [0.4, 0.5) is 17.2 Å². The van der Waals surface area contributed by atoms with E-state index in [9.17, 15) is 19.8 Å². The van der Waals surface area contributed by atoms with Crippen molar-refractivity contribution in [2.45, 2.75) is 89.3 Å². The van der Waals surface area contributed by atoms with Gasteiger partial charge in [0.25, 0.3) is 5.88 Å². The Hall–Kier alpha value is -6.91. The molecule has 412 valence electrons. The van der Waals surface area contributed by atoms with Gasteiger partial charge in [0.1, 0.15) is 30.4 Å². The number of rotatable bonds is 19. The first kappa shape index (κ1) is 53.1. The van der Waals surface area contributed by atoms with Gasteiger partial charge >= 0.3 is 0 Å². The number of nitrogens with two attached hydrogens (primary N) is 1. The zero-order valence-corrected chi connectivity index (χ0v) is 45.7. The number of aromatic nitrogens is 5. The van der Waals surface area contributed by atoms with Crippen LogP contribution in [0.5, 0.6) is 17.5 Å². The van der Waals surface area contributed by atoms with Crippen molar-refractivity contribution >= 4 is 40.3 Å². The summed E-state index contributed by atoms with van der Waals surface area (Å²) in [7, 11) is 0. The number of carbonyl (C=O) groups excluding carboxylic acids is 2. The van der Waals surface area contributed by atoms with Crippen LogP contribution in [0.1, 0.15) is 69.0 Å². The van der Waals surface area contributed by atoms with Crippen molar-refractivity contribution in [3.8, 4) is 39.2 Å². The summed E-state index contributed by atoms with van der Waals surface area (Å²) in [5.41, 5.74) is 14.4. The number of β-amino-alcohol motifs (C(OH)–C–C–N with tert-alkyl or cyclic N) is 1. The molecule has 21 heteroatoms. The monoisotopic (exact) mass is 1080 g/mol. The maximum atomic E-state index is 14.3. The molecular weight excluding hydrogens is 1010 g/mol. The van der Waals surface area contributed by atoms with Crippen LogP contribution in [-0.2, 0) is 9.59 Å². The number of nitrogens with zero attached hydrogens (tertiary/aromatic N) is 11. The van der Waals surface area contributed by atoms with Crippen LogP contribution < -0.4 is 30.3 Å². The van der Waals surface area contributed by atoms with Gasteiger partial charge < -0.3 is 50.0 Å². The summed E-state index contributed by atoms with van der Waals surface area (Å²) in [5.74, 6) is 0.438. The van der Waals surface area contributed by atoms with E-state index in [4.69, 9.17) is 19.7 Å². The number of anilines is 3. The Bertz CT molecular complexity index is 3020. The molecule has 5 aliphatic rings. The van der Waals surface area contributed by atoms with Crippen LogP contribution in [0.2, 0.25) is 0 Å². The van der Waals surface area contributed by atoms with Crippen molar-refractivity contribution in [2.24, 2.45) is 5.92 Å². The molecule has 5 fully saturated rings. The molecule has 0 saturated carbocycles. The summed E-state index contributed by atoms with van der Waals surface area (Å²) in [4.78, 5) is 51.7. The zero-order chi connectivity index (χ0) is 54.0. The number of carbonyl (C=O) groups is 2. The van der Waals surface area contributed by atoms with Gasteiger partial charge in [-0.3, -0.25) is 24.3 Å². The Kier molecular flexibility index (Phi) is 15.8. The molecule has 5 saturated heterocycles. The third-order valence-electron chi connectivity index (χ3n) is 16.3. The van der Waals surface area contributed by atoms with Crippen LogP contribution in [0.25, 0.3) is 21.7 Å². The zero-order valence-electron chi connectivity index (χ0n) is 44.9. The number of aliphatic hydroxyl groups excluding tert-OH is 1. The third-order valence-corrected chi connectivity index (χ3v) is 17.3. The molecule has 5 aliphatic heterocycles. The maximum absolute atomic E-state index is 14.3. The standard InChI is InChI=1S/C57H71N13O7S/c1-35(2)53(57(74)69-31-43(71)26-48(69)56(73)61-36(3)38-9-11-39(12-10-38)54-37(4)60-34-78-54)50-28-52(64-77-50)76-44-32-67(33-44)22-21-65-17-19-66(20-18-65)23-24-75-51-25-40(15-16-59-51)70-41-13-14-42(70)30-68(29-41)47-27-46(62-63-55(47)58)45-7-5-6-8-49(45)72/h5-12,15-16,25,27-28,34-36,41-44,48,53,71-72H,13-14,17-24,26,29-33H2,1-4H3,(H2,58,63)(H,61,73)/t36-,41?,42?,43+,48-,53+/m0/s1. The highest BCUT2D eigenvalue weighted by Gasteiger charge is 2.44. The lowest BCUT2D eigenvalue weighted by molar-refractivity contribution is -0.141. The second kappa shape index (κ2) is 23.2. The second-order valence-electron chi connectivity index (χ2n) is 21.9. The maximum Gasteiger partial charge on any atom is 0.254 e. The Labute approximate surface area is 459 Å². The number of pyridine rings is 1. The van der Waals surface area contributed by atoms with Crippen molar-refractivity contribution < 1.29 is 33.8 Å². The number of nitrogens with one attached hydrogen (secondary N) is 1. The fraction of sp³-hybridized carbons (Fsp3) is 0.491. The molecule has 11 rings (SSSR count). The highest BCUT2D eigenvalue weighted by molar-refractivity contribution is 7.13. The molecule has 2 aromatic carbocycles. The quantitative estimate of drug-likeness (QED) is 0.0792. The third kappa shape index (κ3) is 11.6. The number of nitrogen functional groups attached to an aromatic ring is 1. The summed E-state index contributed by atoms with van der Waals surface area (Å²) >= 11 is 1.59. The van der Waals surface area contributed by atoms with Crippen molar-refractivity contribution in [1.82, 2.24) is 50.2 Å². The molecule has 2 bridgehead atoms.